The summed E-state index contributed by atoms with van der Waals surface area (Å²) < 4.78 is 2.16. The number of hydrogen-bond donors (Lipinski definition) is 1. The van der Waals surface area contributed by atoms with Crippen molar-refractivity contribution in [2.45, 2.75) is 26.8 Å². The fourth-order valence-corrected chi connectivity index (χ4v) is 2.12. The second-order valence-corrected chi connectivity index (χ2v) is 4.61. The molecule has 0 spiro atoms. The van der Waals surface area contributed by atoms with Crippen LogP contribution in [0, 0.1) is 6.92 Å². The van der Waals surface area contributed by atoms with Crippen molar-refractivity contribution in [3.05, 3.63) is 41.2 Å². The van der Waals surface area contributed by atoms with Crippen molar-refractivity contribution in [2.24, 2.45) is 7.05 Å². The maximum atomic E-state index is 4.73. The zero-order valence-corrected chi connectivity index (χ0v) is 11.6. The van der Waals surface area contributed by atoms with E-state index in [1.165, 1.54) is 16.8 Å². The molecule has 2 rings (SSSR count). The van der Waals surface area contributed by atoms with Gasteiger partial charge in [-0.3, -0.25) is 0 Å². The first kappa shape index (κ1) is 12.8. The molecule has 0 aliphatic rings. The van der Waals surface area contributed by atoms with Crippen LogP contribution in [0.1, 0.15) is 23.9 Å². The van der Waals surface area contributed by atoms with Gasteiger partial charge in [0, 0.05) is 24.8 Å². The number of nitrogens with zero attached hydrogens (tertiary/aromatic N) is 2. The zero-order valence-electron chi connectivity index (χ0n) is 11.6. The van der Waals surface area contributed by atoms with E-state index in [2.05, 4.69) is 55.0 Å². The Labute approximate surface area is 109 Å². The second-order valence-electron chi connectivity index (χ2n) is 4.61. The van der Waals surface area contributed by atoms with Crippen LogP contribution >= 0.6 is 0 Å². The summed E-state index contributed by atoms with van der Waals surface area (Å²) in [6, 6.07) is 8.67. The lowest BCUT2D eigenvalue weighted by Gasteiger charge is -2.04. The minimum absolute atomic E-state index is 0.812. The molecule has 0 saturated heterocycles. The molecule has 0 unspecified atom stereocenters. The Morgan fingerprint density at radius 3 is 2.44 bits per heavy atom. The fourth-order valence-electron chi connectivity index (χ4n) is 2.12. The highest BCUT2D eigenvalue weighted by molar-refractivity contribution is 5.57. The van der Waals surface area contributed by atoms with Crippen LogP contribution in [0.4, 0.5) is 0 Å². The van der Waals surface area contributed by atoms with E-state index in [1.807, 2.05) is 7.05 Å². The van der Waals surface area contributed by atoms with Crippen LogP contribution in [0.25, 0.3) is 11.4 Å². The number of imidazole rings is 1. The molecule has 0 aliphatic heterocycles. The van der Waals surface area contributed by atoms with Gasteiger partial charge in [0.05, 0.1) is 5.69 Å². The Morgan fingerprint density at radius 1 is 1.22 bits per heavy atom. The molecule has 0 aliphatic carbocycles. The van der Waals surface area contributed by atoms with E-state index in [0.717, 1.165) is 24.5 Å². The summed E-state index contributed by atoms with van der Waals surface area (Å²) in [5.74, 6) is 1.04. The van der Waals surface area contributed by atoms with Gasteiger partial charge in [0.15, 0.2) is 0 Å². The van der Waals surface area contributed by atoms with Crippen LogP contribution in [-0.4, -0.2) is 16.6 Å². The summed E-state index contributed by atoms with van der Waals surface area (Å²) in [5, 5.41) is 3.16. The second kappa shape index (κ2) is 5.36. The molecule has 0 bridgehead atoms. The molecular formula is C15H21N3. The van der Waals surface area contributed by atoms with Gasteiger partial charge in [0.1, 0.15) is 5.82 Å². The van der Waals surface area contributed by atoms with E-state index in [1.54, 1.807) is 0 Å². The summed E-state index contributed by atoms with van der Waals surface area (Å²) in [5.41, 5.74) is 4.88. The number of benzene rings is 1. The third kappa shape index (κ3) is 2.31. The maximum absolute atomic E-state index is 4.73. The van der Waals surface area contributed by atoms with Gasteiger partial charge < -0.3 is 9.88 Å². The molecular weight excluding hydrogens is 222 g/mol. The van der Waals surface area contributed by atoms with Gasteiger partial charge in [-0.1, -0.05) is 31.2 Å². The lowest BCUT2D eigenvalue weighted by molar-refractivity contribution is 0.783. The number of hydrogen-bond acceptors (Lipinski definition) is 2. The molecule has 2 aromatic rings. The Balaban J connectivity index is 2.40. The normalized spacial score (nSPS) is 10.9. The Hall–Kier alpha value is -1.61. The maximum Gasteiger partial charge on any atom is 0.140 e. The Kier molecular flexibility index (Phi) is 3.82. The SMILES string of the molecule is CCc1ccc(-c2nc(CNC)c(C)n2C)cc1. The molecule has 1 heterocycles. The van der Waals surface area contributed by atoms with Gasteiger partial charge in [-0.05, 0) is 26.0 Å². The number of aryl methyl sites for hydroxylation is 1. The highest BCUT2D eigenvalue weighted by Gasteiger charge is 2.11. The number of rotatable bonds is 4. The molecule has 0 amide bonds. The number of aromatic nitrogens is 2. The summed E-state index contributed by atoms with van der Waals surface area (Å²) >= 11 is 0. The Bertz CT molecular complexity index is 523. The van der Waals surface area contributed by atoms with E-state index < -0.39 is 0 Å². The summed E-state index contributed by atoms with van der Waals surface area (Å²) in [6.45, 7) is 5.10. The smallest absolute Gasteiger partial charge is 0.140 e. The van der Waals surface area contributed by atoms with Gasteiger partial charge in [0.2, 0.25) is 0 Å². The van der Waals surface area contributed by atoms with Crippen molar-refractivity contribution in [3.63, 3.8) is 0 Å². The van der Waals surface area contributed by atoms with E-state index in [4.69, 9.17) is 4.98 Å². The van der Waals surface area contributed by atoms with Crippen molar-refractivity contribution in [1.82, 2.24) is 14.9 Å². The van der Waals surface area contributed by atoms with Crippen LogP contribution < -0.4 is 5.32 Å². The quantitative estimate of drug-likeness (QED) is 0.894. The van der Waals surface area contributed by atoms with Gasteiger partial charge in [-0.2, -0.15) is 0 Å². The lowest BCUT2D eigenvalue weighted by Crippen LogP contribution is -2.07. The largest absolute Gasteiger partial charge is 0.331 e. The first-order chi connectivity index (χ1) is 8.67. The van der Waals surface area contributed by atoms with Crippen molar-refractivity contribution in [3.8, 4) is 11.4 Å². The average molecular weight is 243 g/mol. The molecule has 0 radical (unpaired) electrons. The van der Waals surface area contributed by atoms with Crippen LogP contribution in [-0.2, 0) is 20.0 Å². The summed E-state index contributed by atoms with van der Waals surface area (Å²) in [7, 11) is 4.02. The van der Waals surface area contributed by atoms with E-state index in [-0.39, 0.29) is 0 Å². The monoisotopic (exact) mass is 243 g/mol. The van der Waals surface area contributed by atoms with E-state index >= 15 is 0 Å². The minimum Gasteiger partial charge on any atom is -0.331 e. The van der Waals surface area contributed by atoms with Crippen LogP contribution in [0.2, 0.25) is 0 Å². The summed E-state index contributed by atoms with van der Waals surface area (Å²) in [4.78, 5) is 4.73. The van der Waals surface area contributed by atoms with Crippen LogP contribution in [0.3, 0.4) is 0 Å². The van der Waals surface area contributed by atoms with Gasteiger partial charge in [-0.15, -0.1) is 0 Å². The standard InChI is InChI=1S/C15H21N3/c1-5-12-6-8-13(9-7-12)15-17-14(10-16-3)11(2)18(15)4/h6-9,16H,5,10H2,1-4H3. The van der Waals surface area contributed by atoms with Crippen LogP contribution in [0.5, 0.6) is 0 Å². The highest BCUT2D eigenvalue weighted by Crippen LogP contribution is 2.21. The minimum atomic E-state index is 0.812. The predicted octanol–water partition coefficient (Wildman–Crippen LogP) is 2.68. The zero-order chi connectivity index (χ0) is 13.1. The molecule has 1 N–H and O–H groups in total. The molecule has 96 valence electrons. The lowest BCUT2D eigenvalue weighted by atomic mass is 10.1. The van der Waals surface area contributed by atoms with Crippen molar-refractivity contribution in [1.29, 1.82) is 0 Å². The van der Waals surface area contributed by atoms with Crippen molar-refractivity contribution in [2.75, 3.05) is 7.05 Å². The molecule has 18 heavy (non-hydrogen) atoms. The average Bonchev–Trinajstić information content (AvgIpc) is 2.68. The van der Waals surface area contributed by atoms with Gasteiger partial charge >= 0.3 is 0 Å². The van der Waals surface area contributed by atoms with E-state index in [0.29, 0.717) is 0 Å². The van der Waals surface area contributed by atoms with Gasteiger partial charge in [-0.25, -0.2) is 4.98 Å². The first-order valence-electron chi connectivity index (χ1n) is 6.43. The third-order valence-corrected chi connectivity index (χ3v) is 3.44. The number of nitrogens with one attached hydrogen (secondary N) is 1. The molecule has 0 fully saturated rings. The predicted molar refractivity (Wildman–Crippen MR) is 75.5 cm³/mol. The topological polar surface area (TPSA) is 29.9 Å². The van der Waals surface area contributed by atoms with Crippen LogP contribution in [0.15, 0.2) is 24.3 Å². The molecule has 0 saturated carbocycles. The fraction of sp³-hybridized carbons (Fsp3) is 0.400. The third-order valence-electron chi connectivity index (χ3n) is 3.44. The van der Waals surface area contributed by atoms with E-state index in [9.17, 15) is 0 Å². The molecule has 3 nitrogen and oxygen atoms in total. The van der Waals surface area contributed by atoms with Crippen molar-refractivity contribution < 1.29 is 0 Å². The molecule has 3 heteroatoms. The molecule has 1 aromatic heterocycles. The summed E-state index contributed by atoms with van der Waals surface area (Å²) in [6.07, 6.45) is 1.07. The molecule has 0 atom stereocenters. The Morgan fingerprint density at radius 2 is 1.89 bits per heavy atom. The van der Waals surface area contributed by atoms with Crippen molar-refractivity contribution >= 4 is 0 Å². The van der Waals surface area contributed by atoms with Gasteiger partial charge in [0.25, 0.3) is 0 Å². The first-order valence-corrected chi connectivity index (χ1v) is 6.43. The highest BCUT2D eigenvalue weighted by atomic mass is 15.1. The molecule has 1 aromatic carbocycles.